The number of carbonyl (C=O) groups is 1. The normalized spacial score (nSPS) is 42.3. The summed E-state index contributed by atoms with van der Waals surface area (Å²) >= 11 is 0. The van der Waals surface area contributed by atoms with Crippen LogP contribution < -0.4 is 4.74 Å². The zero-order valence-electron chi connectivity index (χ0n) is 18.2. The average molecular weight is 484 g/mol. The van der Waals surface area contributed by atoms with Crippen LogP contribution in [0.1, 0.15) is 17.9 Å². The maximum absolute atomic E-state index is 12.1. The number of hydrogen-bond donors (Lipinski definition) is 7. The largest absolute Gasteiger partial charge is 0.508 e. The van der Waals surface area contributed by atoms with Gasteiger partial charge in [-0.1, -0.05) is 6.07 Å². The van der Waals surface area contributed by atoms with E-state index in [0.29, 0.717) is 5.75 Å². The van der Waals surface area contributed by atoms with Crippen molar-refractivity contribution >= 4 is 5.78 Å². The van der Waals surface area contributed by atoms with Crippen LogP contribution in [0, 0.1) is 0 Å². The minimum Gasteiger partial charge on any atom is -0.508 e. The molecule has 3 aliphatic rings. The fraction of sp³-hybridized carbons (Fsp3) is 0.591. The Morgan fingerprint density at radius 1 is 1.15 bits per heavy atom. The molecule has 12 nitrogen and oxygen atoms in total. The summed E-state index contributed by atoms with van der Waals surface area (Å²) in [5.41, 5.74) is -1.97. The first-order chi connectivity index (χ1) is 16.1. The van der Waals surface area contributed by atoms with Gasteiger partial charge in [-0.15, -0.1) is 0 Å². The van der Waals surface area contributed by atoms with Crippen molar-refractivity contribution in [1.29, 1.82) is 0 Å². The number of phenols is 1. The van der Waals surface area contributed by atoms with E-state index >= 15 is 0 Å². The number of carbonyl (C=O) groups excluding carboxylic acids is 1. The van der Waals surface area contributed by atoms with Crippen LogP contribution in [0.25, 0.3) is 0 Å². The van der Waals surface area contributed by atoms with Crippen LogP contribution >= 0.6 is 0 Å². The van der Waals surface area contributed by atoms with Gasteiger partial charge in [-0.05, 0) is 18.2 Å². The van der Waals surface area contributed by atoms with E-state index in [9.17, 15) is 40.5 Å². The molecular weight excluding hydrogens is 456 g/mol. The maximum atomic E-state index is 12.1. The van der Waals surface area contributed by atoms with E-state index in [0.717, 1.165) is 12.2 Å². The minimum absolute atomic E-state index is 0.226. The van der Waals surface area contributed by atoms with Crippen molar-refractivity contribution in [1.82, 2.24) is 0 Å². The Bertz CT molecular complexity index is 950. The van der Waals surface area contributed by atoms with Gasteiger partial charge in [0.2, 0.25) is 5.79 Å². The number of aliphatic hydroxyl groups is 6. The summed E-state index contributed by atoms with van der Waals surface area (Å²) in [5, 5.41) is 73.4. The molecule has 0 spiro atoms. The molecule has 0 saturated carbocycles. The molecule has 1 aromatic carbocycles. The molecule has 2 aliphatic heterocycles. The Hall–Kier alpha value is -2.13. The van der Waals surface area contributed by atoms with Crippen LogP contribution in [0.5, 0.6) is 11.5 Å². The van der Waals surface area contributed by atoms with Gasteiger partial charge in [-0.3, -0.25) is 4.79 Å². The summed E-state index contributed by atoms with van der Waals surface area (Å²) in [6.07, 6.45) is -8.44. The van der Waals surface area contributed by atoms with Gasteiger partial charge in [0.15, 0.2) is 17.7 Å². The third-order valence-corrected chi connectivity index (χ3v) is 6.66. The fourth-order valence-corrected chi connectivity index (χ4v) is 4.67. The van der Waals surface area contributed by atoms with Gasteiger partial charge in [-0.25, -0.2) is 0 Å². The number of fused-ring (bicyclic) bond motifs is 1. The van der Waals surface area contributed by atoms with Gasteiger partial charge in [0.05, 0.1) is 26.7 Å². The highest BCUT2D eigenvalue weighted by atomic mass is 16.7. The number of hydrogen-bond acceptors (Lipinski definition) is 12. The predicted molar refractivity (Wildman–Crippen MR) is 111 cm³/mol. The molecule has 9 atom stereocenters. The van der Waals surface area contributed by atoms with Crippen molar-refractivity contribution in [3.63, 3.8) is 0 Å². The molecule has 4 rings (SSSR count). The van der Waals surface area contributed by atoms with E-state index in [1.807, 2.05) is 0 Å². The summed E-state index contributed by atoms with van der Waals surface area (Å²) in [6.45, 7) is -1.03. The monoisotopic (exact) mass is 484 g/mol. The van der Waals surface area contributed by atoms with Crippen LogP contribution in [0.4, 0.5) is 0 Å². The van der Waals surface area contributed by atoms with Gasteiger partial charge < -0.3 is 54.7 Å². The molecule has 188 valence electrons. The molecule has 34 heavy (non-hydrogen) atoms. The lowest BCUT2D eigenvalue weighted by atomic mass is 9.71. The predicted octanol–water partition coefficient (Wildman–Crippen LogP) is -2.35. The number of allylic oxidation sites excluding steroid dienone is 1. The van der Waals surface area contributed by atoms with Gasteiger partial charge in [0, 0.05) is 17.5 Å². The molecule has 1 aliphatic carbocycles. The zero-order valence-corrected chi connectivity index (χ0v) is 18.2. The van der Waals surface area contributed by atoms with Gasteiger partial charge >= 0.3 is 0 Å². The van der Waals surface area contributed by atoms with Crippen LogP contribution in [0.2, 0.25) is 0 Å². The first-order valence-corrected chi connectivity index (χ1v) is 10.7. The van der Waals surface area contributed by atoms with Gasteiger partial charge in [0.25, 0.3) is 0 Å². The van der Waals surface area contributed by atoms with Crippen LogP contribution in [0.3, 0.4) is 0 Å². The van der Waals surface area contributed by atoms with Crippen LogP contribution in [0.15, 0.2) is 30.4 Å². The molecule has 0 bridgehead atoms. The highest BCUT2D eigenvalue weighted by Crippen LogP contribution is 2.50. The quantitative estimate of drug-likeness (QED) is 0.235. The number of ether oxygens (including phenoxy) is 4. The Balaban J connectivity index is 1.74. The van der Waals surface area contributed by atoms with Crippen molar-refractivity contribution < 1.29 is 59.5 Å². The lowest BCUT2D eigenvalue weighted by Crippen LogP contribution is -2.72. The first kappa shape index (κ1) is 25.0. The van der Waals surface area contributed by atoms with Crippen molar-refractivity contribution in [2.45, 2.75) is 60.5 Å². The molecule has 2 fully saturated rings. The lowest BCUT2D eigenvalue weighted by molar-refractivity contribution is -0.400. The SMILES string of the molecule is COc1ccc(C2COC3(O)CC(=O)C=CC3(OC3OC(CO)C(O)C(O)C3O)C2O)c(O)c1. The smallest absolute Gasteiger partial charge is 0.209 e. The van der Waals surface area contributed by atoms with Gasteiger partial charge in [0.1, 0.15) is 42.0 Å². The second-order valence-electron chi connectivity index (χ2n) is 8.66. The van der Waals surface area contributed by atoms with E-state index in [-0.39, 0.29) is 17.9 Å². The van der Waals surface area contributed by atoms with E-state index < -0.39 is 72.9 Å². The fourth-order valence-electron chi connectivity index (χ4n) is 4.67. The average Bonchev–Trinajstić information content (AvgIpc) is 2.81. The van der Waals surface area contributed by atoms with E-state index in [1.165, 1.54) is 19.2 Å². The Kier molecular flexibility index (Phi) is 6.72. The summed E-state index contributed by atoms with van der Waals surface area (Å²) in [6, 6.07) is 4.37. The molecule has 2 saturated heterocycles. The standard InChI is InChI=1S/C22H28O12/c1-31-11-2-3-12(14(25)6-11)13-9-32-22(30)7-10(24)4-5-21(22,19(13)29)34-20-18(28)17(27)16(26)15(8-23)33-20/h2-6,13,15-20,23,25-30H,7-9H2,1H3. The van der Waals surface area contributed by atoms with Crippen LogP contribution in [-0.4, -0.2) is 110 Å². The van der Waals surface area contributed by atoms with Crippen molar-refractivity contribution in [2.75, 3.05) is 20.3 Å². The molecule has 0 radical (unpaired) electrons. The van der Waals surface area contributed by atoms with Crippen molar-refractivity contribution in [3.8, 4) is 11.5 Å². The Labute approximate surface area is 194 Å². The van der Waals surface area contributed by atoms with E-state index in [2.05, 4.69) is 0 Å². The number of aliphatic hydroxyl groups excluding tert-OH is 5. The zero-order chi connectivity index (χ0) is 24.8. The Morgan fingerprint density at radius 3 is 2.53 bits per heavy atom. The molecule has 0 aromatic heterocycles. The third kappa shape index (κ3) is 3.90. The first-order valence-electron chi connectivity index (χ1n) is 10.7. The van der Waals surface area contributed by atoms with Crippen molar-refractivity contribution in [2.24, 2.45) is 0 Å². The Morgan fingerprint density at radius 2 is 1.88 bits per heavy atom. The maximum Gasteiger partial charge on any atom is 0.209 e. The number of rotatable bonds is 5. The minimum atomic E-state index is -2.39. The van der Waals surface area contributed by atoms with E-state index in [4.69, 9.17) is 18.9 Å². The molecule has 7 N–H and O–H groups in total. The summed E-state index contributed by atoms with van der Waals surface area (Å²) in [4.78, 5) is 12.1. The second kappa shape index (κ2) is 9.15. The highest BCUT2D eigenvalue weighted by Gasteiger charge is 2.65. The number of benzene rings is 1. The van der Waals surface area contributed by atoms with E-state index in [1.54, 1.807) is 6.07 Å². The molecule has 1 aromatic rings. The number of ketones is 1. The van der Waals surface area contributed by atoms with Crippen LogP contribution in [-0.2, 0) is 19.0 Å². The molecule has 0 amide bonds. The topological polar surface area (TPSA) is 196 Å². The number of methoxy groups -OCH3 is 1. The highest BCUT2D eigenvalue weighted by molar-refractivity contribution is 5.92. The second-order valence-corrected chi connectivity index (χ2v) is 8.66. The van der Waals surface area contributed by atoms with Crippen molar-refractivity contribution in [3.05, 3.63) is 35.9 Å². The summed E-state index contributed by atoms with van der Waals surface area (Å²) < 4.78 is 22.0. The number of aromatic hydroxyl groups is 1. The molecule has 2 heterocycles. The summed E-state index contributed by atoms with van der Waals surface area (Å²) in [7, 11) is 1.42. The molecule has 12 heteroatoms. The lowest BCUT2D eigenvalue weighted by Gasteiger charge is -2.55. The molecule has 9 unspecified atom stereocenters. The summed E-state index contributed by atoms with van der Waals surface area (Å²) in [5.74, 6) is -3.76. The molecular formula is C22H28O12. The third-order valence-electron chi connectivity index (χ3n) is 6.66. The van der Waals surface area contributed by atoms with Gasteiger partial charge in [-0.2, -0.15) is 0 Å². The number of phenolic OH excluding ortho intramolecular Hbond substituents is 1.